The summed E-state index contributed by atoms with van der Waals surface area (Å²) in [5.74, 6) is 0.213. The topological polar surface area (TPSA) is 32.9 Å². The summed E-state index contributed by atoms with van der Waals surface area (Å²) in [7, 11) is 0. The summed E-state index contributed by atoms with van der Waals surface area (Å²) in [6, 6.07) is 7.93. The lowest BCUT2D eigenvalue weighted by Gasteiger charge is -2.06. The predicted octanol–water partition coefficient (Wildman–Crippen LogP) is 3.69. The highest BCUT2D eigenvalue weighted by atomic mass is 79.9. The van der Waals surface area contributed by atoms with Gasteiger partial charge in [0.2, 0.25) is 0 Å². The molecule has 0 fully saturated rings. The van der Waals surface area contributed by atoms with Crippen molar-refractivity contribution in [2.24, 2.45) is 5.92 Å². The fraction of sp³-hybridized carbons (Fsp3) is 0.308. The number of nitrogens with one attached hydrogen (secondary N) is 1. The first-order valence-corrected chi connectivity index (χ1v) is 6.44. The van der Waals surface area contributed by atoms with E-state index in [2.05, 4.69) is 20.9 Å². The third-order valence-electron chi connectivity index (χ3n) is 2.82. The zero-order chi connectivity index (χ0) is 11.7. The van der Waals surface area contributed by atoms with Gasteiger partial charge in [-0.2, -0.15) is 0 Å². The number of fused-ring (bicyclic) bond motifs is 1. The Kier molecular flexibility index (Phi) is 3.15. The zero-order valence-corrected chi connectivity index (χ0v) is 11.0. The molecule has 1 N–H and O–H groups in total. The van der Waals surface area contributed by atoms with Crippen LogP contribution in [-0.4, -0.2) is 16.1 Å². The van der Waals surface area contributed by atoms with Gasteiger partial charge < -0.3 is 4.98 Å². The number of benzene rings is 1. The molecule has 16 heavy (non-hydrogen) atoms. The summed E-state index contributed by atoms with van der Waals surface area (Å²) in [4.78, 5) is 15.5. The summed E-state index contributed by atoms with van der Waals surface area (Å²) in [5.41, 5.74) is 2.83. The second-order valence-corrected chi connectivity index (χ2v) is 4.74. The number of aromatic nitrogens is 1. The predicted molar refractivity (Wildman–Crippen MR) is 70.3 cm³/mol. The van der Waals surface area contributed by atoms with Crippen LogP contribution < -0.4 is 0 Å². The maximum absolute atomic E-state index is 12.2. The molecule has 0 aliphatic heterocycles. The van der Waals surface area contributed by atoms with Crippen LogP contribution >= 0.6 is 15.9 Å². The highest BCUT2D eigenvalue weighted by Gasteiger charge is 2.20. The van der Waals surface area contributed by atoms with Crippen molar-refractivity contribution in [1.82, 2.24) is 4.98 Å². The molecule has 3 heteroatoms. The summed E-state index contributed by atoms with van der Waals surface area (Å²) in [5, 5.41) is 1.72. The van der Waals surface area contributed by atoms with Gasteiger partial charge in [0, 0.05) is 33.4 Å². The second-order valence-electron chi connectivity index (χ2n) is 4.09. The largest absolute Gasteiger partial charge is 0.358 e. The van der Waals surface area contributed by atoms with Crippen molar-refractivity contribution in [2.75, 3.05) is 5.33 Å². The molecule has 0 bridgehead atoms. The highest BCUT2D eigenvalue weighted by molar-refractivity contribution is 9.09. The van der Waals surface area contributed by atoms with Gasteiger partial charge in [-0.15, -0.1) is 0 Å². The SMILES string of the molecule is Cc1[nH]c2ccccc2c1C(=O)[C@@H](C)CBr. The molecule has 0 saturated heterocycles. The number of hydrogen-bond donors (Lipinski definition) is 1. The Hall–Kier alpha value is -1.09. The summed E-state index contributed by atoms with van der Waals surface area (Å²) >= 11 is 3.36. The lowest BCUT2D eigenvalue weighted by Crippen LogP contribution is -2.13. The van der Waals surface area contributed by atoms with Crippen molar-refractivity contribution in [1.29, 1.82) is 0 Å². The number of carbonyl (C=O) groups excluding carboxylic acids is 1. The molecule has 1 aromatic carbocycles. The first kappa shape index (κ1) is 11.4. The average molecular weight is 280 g/mol. The number of hydrogen-bond acceptors (Lipinski definition) is 1. The normalized spacial score (nSPS) is 12.9. The number of carbonyl (C=O) groups is 1. The summed E-state index contributed by atoms with van der Waals surface area (Å²) in [6.07, 6.45) is 0. The number of rotatable bonds is 3. The van der Waals surface area contributed by atoms with E-state index in [-0.39, 0.29) is 11.7 Å². The Morgan fingerprint density at radius 3 is 2.81 bits per heavy atom. The van der Waals surface area contributed by atoms with E-state index < -0.39 is 0 Å². The number of halogens is 1. The first-order valence-electron chi connectivity index (χ1n) is 5.32. The van der Waals surface area contributed by atoms with Crippen LogP contribution in [0.25, 0.3) is 10.9 Å². The second kappa shape index (κ2) is 4.42. The van der Waals surface area contributed by atoms with Crippen molar-refractivity contribution < 1.29 is 4.79 Å². The van der Waals surface area contributed by atoms with Crippen molar-refractivity contribution in [3.05, 3.63) is 35.5 Å². The van der Waals surface area contributed by atoms with Crippen LogP contribution in [0.15, 0.2) is 24.3 Å². The van der Waals surface area contributed by atoms with Gasteiger partial charge in [0.1, 0.15) is 0 Å². The fourth-order valence-electron chi connectivity index (χ4n) is 1.91. The quantitative estimate of drug-likeness (QED) is 0.675. The van der Waals surface area contributed by atoms with Crippen LogP contribution in [0.5, 0.6) is 0 Å². The maximum atomic E-state index is 12.2. The van der Waals surface area contributed by atoms with Gasteiger partial charge in [0.15, 0.2) is 5.78 Å². The molecule has 1 heterocycles. The molecule has 0 spiro atoms. The maximum Gasteiger partial charge on any atom is 0.168 e. The lowest BCUT2D eigenvalue weighted by atomic mass is 9.98. The van der Waals surface area contributed by atoms with Gasteiger partial charge in [-0.1, -0.05) is 41.1 Å². The van der Waals surface area contributed by atoms with Crippen molar-refractivity contribution in [2.45, 2.75) is 13.8 Å². The van der Waals surface area contributed by atoms with Crippen LogP contribution in [0.3, 0.4) is 0 Å². The van der Waals surface area contributed by atoms with Gasteiger partial charge in [-0.05, 0) is 13.0 Å². The van der Waals surface area contributed by atoms with Crippen LogP contribution in [0.2, 0.25) is 0 Å². The van der Waals surface area contributed by atoms with E-state index in [1.807, 2.05) is 38.1 Å². The molecule has 1 atom stereocenters. The van der Waals surface area contributed by atoms with Gasteiger partial charge in [0.25, 0.3) is 0 Å². The molecule has 84 valence electrons. The molecule has 0 saturated carbocycles. The third-order valence-corrected chi connectivity index (χ3v) is 3.79. The molecule has 2 nitrogen and oxygen atoms in total. The lowest BCUT2D eigenvalue weighted by molar-refractivity contribution is 0.0943. The van der Waals surface area contributed by atoms with Crippen molar-refractivity contribution in [3.63, 3.8) is 0 Å². The van der Waals surface area contributed by atoms with Crippen LogP contribution in [0.4, 0.5) is 0 Å². The van der Waals surface area contributed by atoms with Crippen LogP contribution in [0, 0.1) is 12.8 Å². The van der Waals surface area contributed by atoms with Crippen LogP contribution in [-0.2, 0) is 0 Å². The summed E-state index contributed by atoms with van der Waals surface area (Å²) in [6.45, 7) is 3.90. The minimum atomic E-state index is 0.0120. The summed E-state index contributed by atoms with van der Waals surface area (Å²) < 4.78 is 0. The van der Waals surface area contributed by atoms with E-state index in [9.17, 15) is 4.79 Å². The standard InChI is InChI=1S/C13H14BrNO/c1-8(7-14)13(16)12-9(2)15-11-6-4-3-5-10(11)12/h3-6,8,15H,7H2,1-2H3/t8-/m0/s1. The molecule has 2 aromatic rings. The minimum Gasteiger partial charge on any atom is -0.358 e. The molecular weight excluding hydrogens is 266 g/mol. The van der Waals surface area contributed by atoms with E-state index in [1.54, 1.807) is 0 Å². The van der Waals surface area contributed by atoms with E-state index in [0.29, 0.717) is 5.33 Å². The van der Waals surface area contributed by atoms with E-state index in [1.165, 1.54) is 0 Å². The molecule has 1 aromatic heterocycles. The Morgan fingerprint density at radius 1 is 1.44 bits per heavy atom. The number of ketones is 1. The van der Waals surface area contributed by atoms with Crippen molar-refractivity contribution >= 4 is 32.6 Å². The monoisotopic (exact) mass is 279 g/mol. The van der Waals surface area contributed by atoms with Gasteiger partial charge >= 0.3 is 0 Å². The minimum absolute atomic E-state index is 0.0120. The molecule has 0 aliphatic carbocycles. The van der Waals surface area contributed by atoms with E-state index >= 15 is 0 Å². The smallest absolute Gasteiger partial charge is 0.168 e. The highest BCUT2D eigenvalue weighted by Crippen LogP contribution is 2.24. The zero-order valence-electron chi connectivity index (χ0n) is 9.38. The molecule has 0 aliphatic rings. The van der Waals surface area contributed by atoms with E-state index in [4.69, 9.17) is 0 Å². The Labute approximate surface area is 103 Å². The molecular formula is C13H14BrNO. The Morgan fingerprint density at radius 2 is 2.12 bits per heavy atom. The number of para-hydroxylation sites is 1. The van der Waals surface area contributed by atoms with Crippen molar-refractivity contribution in [3.8, 4) is 0 Å². The molecule has 0 unspecified atom stereocenters. The van der Waals surface area contributed by atoms with E-state index in [0.717, 1.165) is 22.2 Å². The third kappa shape index (κ3) is 1.80. The van der Waals surface area contributed by atoms with Gasteiger partial charge in [-0.3, -0.25) is 4.79 Å². The average Bonchev–Trinajstić information content (AvgIpc) is 2.63. The van der Waals surface area contributed by atoms with Gasteiger partial charge in [-0.25, -0.2) is 0 Å². The number of alkyl halides is 1. The number of Topliss-reactive ketones (excluding diaryl/α,β-unsaturated/α-hetero) is 1. The number of H-pyrrole nitrogens is 1. The Bertz CT molecular complexity index is 530. The Balaban J connectivity index is 2.59. The van der Waals surface area contributed by atoms with Gasteiger partial charge in [0.05, 0.1) is 0 Å². The molecule has 2 rings (SSSR count). The molecule has 0 radical (unpaired) electrons. The number of aryl methyl sites for hydroxylation is 1. The molecule has 0 amide bonds. The number of aromatic amines is 1. The fourth-order valence-corrected chi connectivity index (χ4v) is 2.20. The first-order chi connectivity index (χ1) is 7.65. The van der Waals surface area contributed by atoms with Crippen LogP contribution in [0.1, 0.15) is 23.0 Å².